The largest absolute Gasteiger partial charge is 0.371 e. The first-order valence-electron chi connectivity index (χ1n) is 5.64. The van der Waals surface area contributed by atoms with E-state index in [1.807, 2.05) is 0 Å². The summed E-state index contributed by atoms with van der Waals surface area (Å²) in [5, 5.41) is 0.130. The lowest BCUT2D eigenvalue weighted by molar-refractivity contribution is 0.383. The third kappa shape index (κ3) is 2.67. The Morgan fingerprint density at radius 2 is 1.94 bits per heavy atom. The smallest absolute Gasteiger partial charge is 0.160 e. The third-order valence-corrected chi connectivity index (χ3v) is 3.86. The van der Waals surface area contributed by atoms with E-state index < -0.39 is 5.82 Å². The van der Waals surface area contributed by atoms with Gasteiger partial charge < -0.3 is 10.6 Å². The molecule has 1 fully saturated rings. The van der Waals surface area contributed by atoms with E-state index in [1.165, 1.54) is 0 Å². The minimum absolute atomic E-state index is 0.0648. The van der Waals surface area contributed by atoms with Crippen molar-refractivity contribution in [2.45, 2.75) is 19.4 Å². The summed E-state index contributed by atoms with van der Waals surface area (Å²) in [6, 6.07) is 3.47. The van der Waals surface area contributed by atoms with Crippen LogP contribution in [0.15, 0.2) is 12.1 Å². The van der Waals surface area contributed by atoms with Crippen molar-refractivity contribution in [2.24, 2.45) is 11.7 Å². The second-order valence-electron chi connectivity index (χ2n) is 4.60. The van der Waals surface area contributed by atoms with Crippen LogP contribution >= 0.6 is 23.2 Å². The highest BCUT2D eigenvalue weighted by Crippen LogP contribution is 2.31. The van der Waals surface area contributed by atoms with Crippen LogP contribution in [0.4, 0.5) is 10.1 Å². The van der Waals surface area contributed by atoms with Gasteiger partial charge in [-0.1, -0.05) is 30.1 Å². The summed E-state index contributed by atoms with van der Waals surface area (Å²) in [7, 11) is 0. The van der Waals surface area contributed by atoms with Gasteiger partial charge in [0, 0.05) is 24.8 Å². The van der Waals surface area contributed by atoms with E-state index in [-0.39, 0.29) is 16.1 Å². The van der Waals surface area contributed by atoms with Crippen LogP contribution in [0.25, 0.3) is 0 Å². The summed E-state index contributed by atoms with van der Waals surface area (Å²) in [4.78, 5) is 2.14. The summed E-state index contributed by atoms with van der Waals surface area (Å²) in [5.74, 6) is -0.148. The maximum Gasteiger partial charge on any atom is 0.160 e. The maximum atomic E-state index is 13.3. The van der Waals surface area contributed by atoms with E-state index in [1.54, 1.807) is 12.1 Å². The molecule has 2 N–H and O–H groups in total. The Balaban J connectivity index is 2.23. The Bertz CT molecular complexity index is 402. The normalized spacial score (nSPS) is 25.1. The van der Waals surface area contributed by atoms with Crippen LogP contribution in [0, 0.1) is 11.7 Å². The highest BCUT2D eigenvalue weighted by Gasteiger charge is 2.24. The molecule has 5 heteroatoms. The van der Waals surface area contributed by atoms with Gasteiger partial charge in [-0.25, -0.2) is 4.39 Å². The monoisotopic (exact) mass is 276 g/mol. The molecule has 2 unspecified atom stereocenters. The average molecular weight is 277 g/mol. The highest BCUT2D eigenvalue weighted by atomic mass is 35.5. The van der Waals surface area contributed by atoms with Crippen molar-refractivity contribution in [1.29, 1.82) is 0 Å². The molecule has 94 valence electrons. The van der Waals surface area contributed by atoms with E-state index in [4.69, 9.17) is 28.9 Å². The number of nitrogens with two attached hydrogens (primary N) is 1. The number of halogens is 3. The Morgan fingerprint density at radius 1 is 1.35 bits per heavy atom. The molecule has 17 heavy (non-hydrogen) atoms. The molecule has 0 aliphatic carbocycles. The van der Waals surface area contributed by atoms with Crippen LogP contribution in [0.3, 0.4) is 0 Å². The van der Waals surface area contributed by atoms with Gasteiger partial charge in [0.1, 0.15) is 0 Å². The molecule has 2 rings (SSSR count). The van der Waals surface area contributed by atoms with Crippen molar-refractivity contribution in [2.75, 3.05) is 18.0 Å². The lowest BCUT2D eigenvalue weighted by Crippen LogP contribution is -2.46. The van der Waals surface area contributed by atoms with E-state index in [0.29, 0.717) is 5.92 Å². The predicted molar refractivity (Wildman–Crippen MR) is 70.4 cm³/mol. The van der Waals surface area contributed by atoms with Gasteiger partial charge in [0.15, 0.2) is 5.82 Å². The molecule has 1 aliphatic heterocycles. The topological polar surface area (TPSA) is 29.3 Å². The molecule has 0 radical (unpaired) electrons. The van der Waals surface area contributed by atoms with Gasteiger partial charge in [-0.3, -0.25) is 0 Å². The Hall–Kier alpha value is -0.510. The molecular weight excluding hydrogens is 262 g/mol. The van der Waals surface area contributed by atoms with Crippen LogP contribution in [-0.4, -0.2) is 19.1 Å². The zero-order valence-electron chi connectivity index (χ0n) is 9.59. The molecular formula is C12H15Cl2FN2. The lowest BCUT2D eigenvalue weighted by Gasteiger charge is -2.36. The molecule has 1 heterocycles. The van der Waals surface area contributed by atoms with Crippen molar-refractivity contribution in [3.63, 3.8) is 0 Å². The van der Waals surface area contributed by atoms with Crippen molar-refractivity contribution >= 4 is 28.9 Å². The molecule has 1 aromatic rings. The first-order valence-corrected chi connectivity index (χ1v) is 6.39. The Morgan fingerprint density at radius 3 is 2.47 bits per heavy atom. The van der Waals surface area contributed by atoms with Gasteiger partial charge in [0.25, 0.3) is 0 Å². The van der Waals surface area contributed by atoms with Crippen LogP contribution < -0.4 is 10.6 Å². The fraction of sp³-hybridized carbons (Fsp3) is 0.500. The average Bonchev–Trinajstić information content (AvgIpc) is 2.29. The molecule has 1 saturated heterocycles. The lowest BCUT2D eigenvalue weighted by atomic mass is 9.94. The Kier molecular flexibility index (Phi) is 3.81. The second-order valence-corrected chi connectivity index (χ2v) is 5.41. The predicted octanol–water partition coefficient (Wildman–Crippen LogP) is 3.31. The fourth-order valence-electron chi connectivity index (χ4n) is 2.12. The Labute approximate surface area is 110 Å². The van der Waals surface area contributed by atoms with Crippen molar-refractivity contribution < 1.29 is 4.39 Å². The SMILES string of the molecule is CC1CN(c2cc(Cl)c(F)c(Cl)c2)CCC1N. The standard InChI is InChI=1S/C12H15Cl2FN2/c1-7-6-17(3-2-11(7)16)8-4-9(13)12(15)10(14)5-8/h4-5,7,11H,2-3,6,16H2,1H3. The highest BCUT2D eigenvalue weighted by molar-refractivity contribution is 6.35. The molecule has 2 nitrogen and oxygen atoms in total. The van der Waals surface area contributed by atoms with Gasteiger partial charge in [-0.05, 0) is 24.5 Å². The fourth-order valence-corrected chi connectivity index (χ4v) is 2.60. The zero-order chi connectivity index (χ0) is 12.6. The van der Waals surface area contributed by atoms with Crippen LogP contribution in [-0.2, 0) is 0 Å². The minimum atomic E-state index is -0.557. The van der Waals surface area contributed by atoms with Gasteiger partial charge in [-0.2, -0.15) is 0 Å². The third-order valence-electron chi connectivity index (χ3n) is 3.31. The second kappa shape index (κ2) is 5.01. The maximum absolute atomic E-state index is 13.3. The van der Waals surface area contributed by atoms with Crippen molar-refractivity contribution in [3.8, 4) is 0 Å². The molecule has 2 atom stereocenters. The van der Waals surface area contributed by atoms with E-state index >= 15 is 0 Å². The summed E-state index contributed by atoms with van der Waals surface area (Å²) in [6.45, 7) is 3.81. The minimum Gasteiger partial charge on any atom is -0.371 e. The number of hydrogen-bond acceptors (Lipinski definition) is 2. The van der Waals surface area contributed by atoms with Crippen molar-refractivity contribution in [1.82, 2.24) is 0 Å². The molecule has 0 bridgehead atoms. The van der Waals surface area contributed by atoms with Gasteiger partial charge in [0.2, 0.25) is 0 Å². The number of anilines is 1. The van der Waals surface area contributed by atoms with Gasteiger partial charge >= 0.3 is 0 Å². The summed E-state index contributed by atoms with van der Waals surface area (Å²) >= 11 is 11.6. The zero-order valence-corrected chi connectivity index (χ0v) is 11.1. The number of benzene rings is 1. The molecule has 0 saturated carbocycles. The number of nitrogens with zero attached hydrogens (tertiary/aromatic N) is 1. The van der Waals surface area contributed by atoms with Gasteiger partial charge in [-0.15, -0.1) is 0 Å². The molecule has 0 spiro atoms. The first kappa shape index (κ1) is 12.9. The number of piperidine rings is 1. The summed E-state index contributed by atoms with van der Waals surface area (Å²) in [5.41, 5.74) is 6.82. The van der Waals surface area contributed by atoms with E-state index in [2.05, 4.69) is 11.8 Å². The van der Waals surface area contributed by atoms with Gasteiger partial charge in [0.05, 0.1) is 10.0 Å². The quantitative estimate of drug-likeness (QED) is 0.798. The van der Waals surface area contributed by atoms with Crippen LogP contribution in [0.2, 0.25) is 10.0 Å². The van der Waals surface area contributed by atoms with Crippen LogP contribution in [0.1, 0.15) is 13.3 Å². The first-order chi connectivity index (χ1) is 7.99. The molecule has 1 aliphatic rings. The van der Waals surface area contributed by atoms with Crippen LogP contribution in [0.5, 0.6) is 0 Å². The summed E-state index contributed by atoms with van der Waals surface area (Å²) < 4.78 is 13.3. The molecule has 1 aromatic carbocycles. The molecule has 0 amide bonds. The molecule has 0 aromatic heterocycles. The number of rotatable bonds is 1. The number of hydrogen-bond donors (Lipinski definition) is 1. The summed E-state index contributed by atoms with van der Waals surface area (Å²) in [6.07, 6.45) is 0.924. The van der Waals surface area contributed by atoms with Crippen molar-refractivity contribution in [3.05, 3.63) is 28.0 Å². The van der Waals surface area contributed by atoms with E-state index in [0.717, 1.165) is 25.2 Å². The van der Waals surface area contributed by atoms with E-state index in [9.17, 15) is 4.39 Å².